The van der Waals surface area contributed by atoms with Crippen LogP contribution in [0.4, 0.5) is 5.69 Å². The molecule has 0 unspecified atom stereocenters. The second-order valence-corrected chi connectivity index (χ2v) is 4.53. The van der Waals surface area contributed by atoms with Gasteiger partial charge in [0.15, 0.2) is 0 Å². The molecule has 4 N–H and O–H groups in total. The number of hydrogen-bond donors (Lipinski definition) is 4. The first-order valence-electron chi connectivity index (χ1n) is 6.12. The van der Waals surface area contributed by atoms with Gasteiger partial charge >= 0.3 is 11.1 Å². The molecule has 2 aromatic heterocycles. The fraction of sp³-hybridized carbons (Fsp3) is 0.0769. The monoisotopic (exact) mass is 285 g/mol. The van der Waals surface area contributed by atoms with E-state index < -0.39 is 11.1 Å². The van der Waals surface area contributed by atoms with Crippen LogP contribution >= 0.6 is 0 Å². The van der Waals surface area contributed by atoms with Crippen molar-refractivity contribution in [2.24, 2.45) is 0 Å². The summed E-state index contributed by atoms with van der Waals surface area (Å²) in [6.07, 6.45) is 1.44. The van der Waals surface area contributed by atoms with Gasteiger partial charge in [0.25, 0.3) is 5.91 Å². The molecule has 0 saturated heterocycles. The van der Waals surface area contributed by atoms with E-state index in [2.05, 4.69) is 25.5 Å². The van der Waals surface area contributed by atoms with Crippen LogP contribution in [0.15, 0.2) is 34.0 Å². The lowest BCUT2D eigenvalue weighted by Gasteiger charge is -2.05. The van der Waals surface area contributed by atoms with Crippen molar-refractivity contribution in [1.82, 2.24) is 20.2 Å². The Bertz CT molecular complexity index is 950. The molecule has 0 fully saturated rings. The van der Waals surface area contributed by atoms with Crippen LogP contribution in [0.2, 0.25) is 0 Å². The van der Waals surface area contributed by atoms with Gasteiger partial charge in [-0.15, -0.1) is 0 Å². The second kappa shape index (κ2) is 4.75. The van der Waals surface area contributed by atoms with E-state index in [4.69, 9.17) is 0 Å². The van der Waals surface area contributed by atoms with Crippen LogP contribution in [0.3, 0.4) is 0 Å². The maximum Gasteiger partial charge on any atom is 0.314 e. The Labute approximate surface area is 117 Å². The van der Waals surface area contributed by atoms with Crippen molar-refractivity contribution >= 4 is 22.6 Å². The van der Waals surface area contributed by atoms with Crippen molar-refractivity contribution in [3.8, 4) is 0 Å². The molecule has 0 saturated carbocycles. The minimum absolute atomic E-state index is 0.313. The number of aromatic nitrogens is 4. The van der Waals surface area contributed by atoms with Crippen LogP contribution in [0.25, 0.3) is 11.0 Å². The van der Waals surface area contributed by atoms with E-state index in [1.165, 1.54) is 6.20 Å². The molecule has 0 atom stereocenters. The highest BCUT2D eigenvalue weighted by Gasteiger charge is 2.11. The van der Waals surface area contributed by atoms with Crippen LogP contribution in [0.1, 0.15) is 16.1 Å². The maximum atomic E-state index is 12.1. The smallest absolute Gasteiger partial charge is 0.314 e. The quantitative estimate of drug-likeness (QED) is 0.512. The number of hydrogen-bond acceptors (Lipinski definition) is 4. The van der Waals surface area contributed by atoms with E-state index in [1.807, 2.05) is 0 Å². The van der Waals surface area contributed by atoms with E-state index in [9.17, 15) is 14.4 Å². The summed E-state index contributed by atoms with van der Waals surface area (Å²) in [7, 11) is 0. The summed E-state index contributed by atoms with van der Waals surface area (Å²) < 4.78 is 0. The van der Waals surface area contributed by atoms with E-state index in [0.29, 0.717) is 28.0 Å². The number of carbonyl (C=O) groups excluding carboxylic acids is 1. The predicted octanol–water partition coefficient (Wildman–Crippen LogP) is 0.500. The molecule has 0 aliphatic rings. The third-order valence-electron chi connectivity index (χ3n) is 3.05. The number of carbonyl (C=O) groups is 1. The largest absolute Gasteiger partial charge is 0.322 e. The Morgan fingerprint density at radius 1 is 1.14 bits per heavy atom. The summed E-state index contributed by atoms with van der Waals surface area (Å²) in [5.74, 6) is -0.313. The third kappa shape index (κ3) is 2.34. The molecule has 1 amide bonds. The topological polar surface area (TPSA) is 123 Å². The summed E-state index contributed by atoms with van der Waals surface area (Å²) in [6.45, 7) is 1.74. The lowest BCUT2D eigenvalue weighted by Crippen LogP contribution is -2.28. The zero-order valence-electron chi connectivity index (χ0n) is 11.0. The highest BCUT2D eigenvalue weighted by molar-refractivity contribution is 6.05. The number of H-pyrrole nitrogens is 3. The van der Waals surface area contributed by atoms with Crippen molar-refractivity contribution in [1.29, 1.82) is 0 Å². The van der Waals surface area contributed by atoms with Gasteiger partial charge < -0.3 is 15.3 Å². The molecule has 2 heterocycles. The molecule has 0 aliphatic heterocycles. The number of nitrogens with one attached hydrogen (secondary N) is 4. The van der Waals surface area contributed by atoms with Gasteiger partial charge in [0.2, 0.25) is 0 Å². The fourth-order valence-electron chi connectivity index (χ4n) is 1.97. The van der Waals surface area contributed by atoms with Crippen LogP contribution in [0.5, 0.6) is 0 Å². The zero-order valence-corrected chi connectivity index (χ0v) is 11.0. The third-order valence-corrected chi connectivity index (χ3v) is 3.05. The minimum Gasteiger partial charge on any atom is -0.322 e. The lowest BCUT2D eigenvalue weighted by atomic mass is 10.2. The summed E-state index contributed by atoms with van der Waals surface area (Å²) in [6, 6.07) is 4.80. The minimum atomic E-state index is -0.739. The van der Waals surface area contributed by atoms with E-state index in [-0.39, 0.29) is 5.91 Å². The number of amides is 1. The Kier molecular flexibility index (Phi) is 2.90. The molecule has 0 aliphatic carbocycles. The van der Waals surface area contributed by atoms with Gasteiger partial charge in [0.1, 0.15) is 0 Å². The average molecular weight is 285 g/mol. The van der Waals surface area contributed by atoms with Crippen molar-refractivity contribution in [3.05, 3.63) is 56.4 Å². The molecule has 8 nitrogen and oxygen atoms in total. The number of fused-ring (bicyclic) bond motifs is 1. The number of aromatic amines is 3. The molecule has 0 spiro atoms. The van der Waals surface area contributed by atoms with Gasteiger partial charge in [0, 0.05) is 11.4 Å². The van der Waals surface area contributed by atoms with Gasteiger partial charge in [-0.2, -0.15) is 5.10 Å². The first-order valence-corrected chi connectivity index (χ1v) is 6.12. The maximum absolute atomic E-state index is 12.1. The molecule has 1 aromatic carbocycles. The van der Waals surface area contributed by atoms with Crippen LogP contribution in [-0.4, -0.2) is 26.1 Å². The molecule has 0 bridgehead atoms. The van der Waals surface area contributed by atoms with E-state index >= 15 is 0 Å². The van der Waals surface area contributed by atoms with Crippen LogP contribution in [-0.2, 0) is 0 Å². The number of nitrogens with zero attached hydrogens (tertiary/aromatic N) is 1. The Morgan fingerprint density at radius 3 is 2.52 bits per heavy atom. The standard InChI is InChI=1S/C13H11N5O3/c1-6-8(5-14-18-6)11(19)15-7-2-3-9-10(4-7)17-13(21)12(20)16-9/h2-5H,1H3,(H,14,18)(H,15,19)(H,16,20)(H,17,21). The number of rotatable bonds is 2. The van der Waals surface area contributed by atoms with E-state index in [1.54, 1.807) is 25.1 Å². The number of anilines is 1. The normalized spacial score (nSPS) is 10.7. The van der Waals surface area contributed by atoms with Gasteiger partial charge in [-0.3, -0.25) is 19.5 Å². The van der Waals surface area contributed by atoms with Crippen molar-refractivity contribution in [2.75, 3.05) is 5.32 Å². The molecule has 21 heavy (non-hydrogen) atoms. The molecular formula is C13H11N5O3. The van der Waals surface area contributed by atoms with Gasteiger partial charge in [-0.1, -0.05) is 0 Å². The Hall–Kier alpha value is -3.16. The van der Waals surface area contributed by atoms with Crippen LogP contribution < -0.4 is 16.4 Å². The molecule has 3 aromatic rings. The Balaban J connectivity index is 1.97. The van der Waals surface area contributed by atoms with Gasteiger partial charge in [-0.05, 0) is 25.1 Å². The first kappa shape index (κ1) is 12.9. The molecular weight excluding hydrogens is 274 g/mol. The van der Waals surface area contributed by atoms with Gasteiger partial charge in [0.05, 0.1) is 22.8 Å². The predicted molar refractivity (Wildman–Crippen MR) is 76.5 cm³/mol. The van der Waals surface area contributed by atoms with Gasteiger partial charge in [-0.25, -0.2) is 0 Å². The molecule has 106 valence electrons. The summed E-state index contributed by atoms with van der Waals surface area (Å²) >= 11 is 0. The molecule has 0 radical (unpaired) electrons. The highest BCUT2D eigenvalue weighted by atomic mass is 16.2. The molecule has 8 heteroatoms. The SMILES string of the molecule is Cc1[nH]ncc1C(=O)Nc1ccc2[nH]c(=O)c(=O)[nH]c2c1. The van der Waals surface area contributed by atoms with Crippen molar-refractivity contribution in [2.45, 2.75) is 6.92 Å². The highest BCUT2D eigenvalue weighted by Crippen LogP contribution is 2.15. The Morgan fingerprint density at radius 2 is 1.86 bits per heavy atom. The fourth-order valence-corrected chi connectivity index (χ4v) is 1.97. The zero-order chi connectivity index (χ0) is 15.0. The summed E-state index contributed by atoms with van der Waals surface area (Å²) in [5.41, 5.74) is 1.05. The first-order chi connectivity index (χ1) is 10.0. The van der Waals surface area contributed by atoms with Crippen molar-refractivity contribution < 1.29 is 4.79 Å². The van der Waals surface area contributed by atoms with E-state index in [0.717, 1.165) is 0 Å². The average Bonchev–Trinajstić information content (AvgIpc) is 2.87. The lowest BCUT2D eigenvalue weighted by molar-refractivity contribution is 0.102. The molecule has 3 rings (SSSR count). The second-order valence-electron chi connectivity index (χ2n) is 4.53. The number of aryl methyl sites for hydroxylation is 1. The van der Waals surface area contributed by atoms with Crippen molar-refractivity contribution in [3.63, 3.8) is 0 Å². The van der Waals surface area contributed by atoms with Crippen LogP contribution in [0, 0.1) is 6.92 Å². The summed E-state index contributed by atoms with van der Waals surface area (Å²) in [4.78, 5) is 39.5. The number of benzene rings is 1. The summed E-state index contributed by atoms with van der Waals surface area (Å²) in [5, 5.41) is 9.16.